The molecular formula is C15H18N2O2S. The summed E-state index contributed by atoms with van der Waals surface area (Å²) in [7, 11) is 3.19. The highest BCUT2D eigenvalue weighted by Crippen LogP contribution is 2.23. The molecule has 20 heavy (non-hydrogen) atoms. The minimum Gasteiger partial charge on any atom is -0.350 e. The number of aryl methyl sites for hydroxylation is 1. The predicted octanol–water partition coefficient (Wildman–Crippen LogP) is 3.37. The van der Waals surface area contributed by atoms with Gasteiger partial charge in [-0.2, -0.15) is 0 Å². The topological polar surface area (TPSA) is 44.2 Å². The van der Waals surface area contributed by atoms with Crippen LogP contribution in [0.2, 0.25) is 0 Å². The Morgan fingerprint density at radius 3 is 2.70 bits per heavy atom. The molecule has 0 spiro atoms. The number of hydrogen-bond acceptors (Lipinski definition) is 5. The van der Waals surface area contributed by atoms with E-state index in [0.717, 1.165) is 17.3 Å². The summed E-state index contributed by atoms with van der Waals surface area (Å²) in [5.74, 6) is 1.49. The molecule has 106 valence electrons. The van der Waals surface area contributed by atoms with E-state index in [4.69, 9.17) is 9.47 Å². The van der Waals surface area contributed by atoms with Gasteiger partial charge in [0, 0.05) is 25.3 Å². The average molecular weight is 290 g/mol. The lowest BCUT2D eigenvalue weighted by Gasteiger charge is -2.12. The largest absolute Gasteiger partial charge is 0.350 e. The molecule has 0 aliphatic carbocycles. The molecule has 0 N–H and O–H groups in total. The number of methoxy groups -OCH3 is 2. The van der Waals surface area contributed by atoms with Crippen molar-refractivity contribution < 1.29 is 9.47 Å². The fourth-order valence-corrected chi connectivity index (χ4v) is 2.69. The van der Waals surface area contributed by atoms with Crippen molar-refractivity contribution in [2.45, 2.75) is 23.9 Å². The second-order valence-electron chi connectivity index (χ2n) is 4.31. The highest BCUT2D eigenvalue weighted by molar-refractivity contribution is 7.98. The van der Waals surface area contributed by atoms with E-state index in [0.29, 0.717) is 0 Å². The van der Waals surface area contributed by atoms with Gasteiger partial charge in [-0.15, -0.1) is 11.8 Å². The number of hydrogen-bond donors (Lipinski definition) is 0. The quantitative estimate of drug-likeness (QED) is 0.603. The molecule has 0 aliphatic rings. The maximum atomic E-state index is 5.20. The van der Waals surface area contributed by atoms with Gasteiger partial charge in [0.25, 0.3) is 0 Å². The lowest BCUT2D eigenvalue weighted by atomic mass is 10.2. The highest BCUT2D eigenvalue weighted by Gasteiger charge is 2.11. The van der Waals surface area contributed by atoms with Crippen molar-refractivity contribution in [2.75, 3.05) is 14.2 Å². The van der Waals surface area contributed by atoms with Crippen molar-refractivity contribution in [1.29, 1.82) is 0 Å². The third-order valence-corrected chi connectivity index (χ3v) is 3.74. The van der Waals surface area contributed by atoms with E-state index in [2.05, 4.69) is 41.2 Å². The fraction of sp³-hybridized carbons (Fsp3) is 0.333. The van der Waals surface area contributed by atoms with Crippen LogP contribution >= 0.6 is 11.8 Å². The van der Waals surface area contributed by atoms with E-state index in [-0.39, 0.29) is 0 Å². The molecular weight excluding hydrogens is 272 g/mol. The summed E-state index contributed by atoms with van der Waals surface area (Å²) in [6.07, 6.45) is 1.29. The SMILES string of the molecule is COC(OC)c1ccnc(CSc2cccc(C)c2)n1. The van der Waals surface area contributed by atoms with Gasteiger partial charge >= 0.3 is 0 Å². The van der Waals surface area contributed by atoms with Crippen molar-refractivity contribution in [3.05, 3.63) is 53.6 Å². The van der Waals surface area contributed by atoms with Crippen LogP contribution in [-0.4, -0.2) is 24.2 Å². The average Bonchev–Trinajstić information content (AvgIpc) is 2.47. The zero-order chi connectivity index (χ0) is 14.4. The van der Waals surface area contributed by atoms with Gasteiger partial charge in [-0.05, 0) is 25.1 Å². The first-order valence-electron chi connectivity index (χ1n) is 6.30. The first kappa shape index (κ1) is 15.0. The van der Waals surface area contributed by atoms with Crippen LogP contribution in [0, 0.1) is 6.92 Å². The van der Waals surface area contributed by atoms with Gasteiger partial charge in [0.05, 0.1) is 11.4 Å². The Labute approximate surface area is 123 Å². The van der Waals surface area contributed by atoms with Gasteiger partial charge in [-0.3, -0.25) is 0 Å². The van der Waals surface area contributed by atoms with Crippen molar-refractivity contribution in [3.8, 4) is 0 Å². The molecule has 0 aliphatic heterocycles. The third kappa shape index (κ3) is 4.03. The minimum absolute atomic E-state index is 0.444. The number of thioether (sulfide) groups is 1. The van der Waals surface area contributed by atoms with E-state index < -0.39 is 6.29 Å². The zero-order valence-corrected chi connectivity index (χ0v) is 12.7. The molecule has 1 aromatic heterocycles. The van der Waals surface area contributed by atoms with Crippen molar-refractivity contribution in [3.63, 3.8) is 0 Å². The highest BCUT2D eigenvalue weighted by atomic mass is 32.2. The molecule has 1 aromatic carbocycles. The molecule has 1 heterocycles. The number of nitrogens with zero attached hydrogens (tertiary/aromatic N) is 2. The first-order valence-corrected chi connectivity index (χ1v) is 7.28. The first-order chi connectivity index (χ1) is 9.72. The van der Waals surface area contributed by atoms with Crippen molar-refractivity contribution in [1.82, 2.24) is 9.97 Å². The summed E-state index contributed by atoms with van der Waals surface area (Å²) in [5.41, 5.74) is 1.99. The smallest absolute Gasteiger partial charge is 0.200 e. The standard InChI is InChI=1S/C15H18N2O2S/c1-11-5-4-6-12(9-11)20-10-14-16-8-7-13(17-14)15(18-2)19-3/h4-9,15H,10H2,1-3H3. The molecule has 0 saturated carbocycles. The van der Waals surface area contributed by atoms with Gasteiger partial charge in [0.1, 0.15) is 5.82 Å². The van der Waals surface area contributed by atoms with Gasteiger partial charge in [-0.1, -0.05) is 17.7 Å². The fourth-order valence-electron chi connectivity index (χ4n) is 1.81. The summed E-state index contributed by atoms with van der Waals surface area (Å²) in [4.78, 5) is 9.97. The van der Waals surface area contributed by atoms with E-state index in [1.807, 2.05) is 0 Å². The second kappa shape index (κ2) is 7.38. The molecule has 4 nitrogen and oxygen atoms in total. The molecule has 0 saturated heterocycles. The maximum Gasteiger partial charge on any atom is 0.200 e. The molecule has 0 atom stereocenters. The van der Waals surface area contributed by atoms with Crippen LogP contribution in [0.3, 0.4) is 0 Å². The van der Waals surface area contributed by atoms with Gasteiger partial charge < -0.3 is 9.47 Å². The summed E-state index contributed by atoms with van der Waals surface area (Å²) in [5, 5.41) is 0. The van der Waals surface area contributed by atoms with E-state index in [1.54, 1.807) is 38.2 Å². The van der Waals surface area contributed by atoms with Crippen LogP contribution in [0.4, 0.5) is 0 Å². The number of benzene rings is 1. The van der Waals surface area contributed by atoms with Crippen LogP contribution in [0.5, 0.6) is 0 Å². The molecule has 5 heteroatoms. The van der Waals surface area contributed by atoms with E-state index in [9.17, 15) is 0 Å². The Balaban J connectivity index is 2.04. The lowest BCUT2D eigenvalue weighted by Crippen LogP contribution is -2.08. The van der Waals surface area contributed by atoms with Gasteiger partial charge in [0.15, 0.2) is 0 Å². The predicted molar refractivity (Wildman–Crippen MR) is 79.5 cm³/mol. The van der Waals surface area contributed by atoms with Gasteiger partial charge in [-0.25, -0.2) is 9.97 Å². The number of ether oxygens (including phenoxy) is 2. The Morgan fingerprint density at radius 1 is 1.20 bits per heavy atom. The Kier molecular flexibility index (Phi) is 5.52. The summed E-state index contributed by atoms with van der Waals surface area (Å²) >= 11 is 1.72. The maximum absolute atomic E-state index is 5.20. The minimum atomic E-state index is -0.444. The van der Waals surface area contributed by atoms with Crippen LogP contribution in [0.15, 0.2) is 41.4 Å². The molecule has 0 unspecified atom stereocenters. The molecule has 2 aromatic rings. The molecule has 0 radical (unpaired) electrons. The van der Waals surface area contributed by atoms with E-state index in [1.165, 1.54) is 10.5 Å². The van der Waals surface area contributed by atoms with E-state index >= 15 is 0 Å². The van der Waals surface area contributed by atoms with Crippen LogP contribution in [0.1, 0.15) is 23.4 Å². The van der Waals surface area contributed by atoms with Crippen molar-refractivity contribution in [2.24, 2.45) is 0 Å². The van der Waals surface area contributed by atoms with Crippen molar-refractivity contribution >= 4 is 11.8 Å². The Morgan fingerprint density at radius 2 is 2.00 bits per heavy atom. The van der Waals surface area contributed by atoms with Gasteiger partial charge in [0.2, 0.25) is 6.29 Å². The van der Waals surface area contributed by atoms with Crippen LogP contribution < -0.4 is 0 Å². The zero-order valence-electron chi connectivity index (χ0n) is 11.9. The van der Waals surface area contributed by atoms with Crippen LogP contribution in [0.25, 0.3) is 0 Å². The number of aromatic nitrogens is 2. The molecule has 0 fully saturated rings. The summed E-state index contributed by atoms with van der Waals surface area (Å²) in [6.45, 7) is 2.09. The number of rotatable bonds is 6. The van der Waals surface area contributed by atoms with Crippen LogP contribution in [-0.2, 0) is 15.2 Å². The summed E-state index contributed by atoms with van der Waals surface area (Å²) < 4.78 is 10.4. The Hall–Kier alpha value is -1.43. The second-order valence-corrected chi connectivity index (χ2v) is 5.36. The third-order valence-electron chi connectivity index (χ3n) is 2.75. The monoisotopic (exact) mass is 290 g/mol. The Bertz CT molecular complexity index is 559. The molecule has 0 amide bonds. The molecule has 2 rings (SSSR count). The summed E-state index contributed by atoms with van der Waals surface area (Å²) in [6, 6.07) is 10.2. The normalized spacial score (nSPS) is 11.0. The lowest BCUT2D eigenvalue weighted by molar-refractivity contribution is -0.108. The molecule has 0 bridgehead atoms.